The Hall–Kier alpha value is -2.27. The van der Waals surface area contributed by atoms with Gasteiger partial charge >= 0.3 is 0 Å². The topological polar surface area (TPSA) is 39.9 Å². The summed E-state index contributed by atoms with van der Waals surface area (Å²) in [6.07, 6.45) is 0. The molecular weight excluding hydrogens is 354 g/mol. The fourth-order valence-corrected chi connectivity index (χ4v) is 3.70. The zero-order valence-electron chi connectivity index (χ0n) is 16.7. The van der Waals surface area contributed by atoms with Gasteiger partial charge in [0.05, 0.1) is 0 Å². The van der Waals surface area contributed by atoms with E-state index in [0.717, 1.165) is 22.5 Å². The van der Waals surface area contributed by atoms with Crippen LogP contribution in [0.25, 0.3) is 0 Å². The highest BCUT2D eigenvalue weighted by Gasteiger charge is 2.13. The quantitative estimate of drug-likeness (QED) is 0.512. The van der Waals surface area contributed by atoms with Crippen molar-refractivity contribution in [1.82, 2.24) is 14.8 Å². The summed E-state index contributed by atoms with van der Waals surface area (Å²) >= 11 is 1.69. The van der Waals surface area contributed by atoms with Crippen LogP contribution in [0.3, 0.4) is 0 Å². The number of thioether (sulfide) groups is 1. The SMILES string of the molecule is Cc1ccc(CSc2nnc(COc3cc(C)ccc3C(C)C)n2C)cc1. The van der Waals surface area contributed by atoms with Crippen molar-refractivity contribution in [3.05, 3.63) is 70.5 Å². The molecule has 3 aromatic rings. The standard InChI is InChI=1S/C22H27N3OS/c1-15(2)19-11-8-17(4)12-20(19)26-13-21-23-24-22(25(21)5)27-14-18-9-6-16(3)7-10-18/h6-12,15H,13-14H2,1-5H3. The Bertz CT molecular complexity index is 900. The first-order valence-corrected chi connectivity index (χ1v) is 10.2. The van der Waals surface area contributed by atoms with E-state index in [4.69, 9.17) is 4.74 Å². The molecule has 0 aliphatic heterocycles. The lowest BCUT2D eigenvalue weighted by Gasteiger charge is -2.14. The predicted molar refractivity (Wildman–Crippen MR) is 111 cm³/mol. The Morgan fingerprint density at radius 1 is 1.00 bits per heavy atom. The fraction of sp³-hybridized carbons (Fsp3) is 0.364. The molecule has 0 radical (unpaired) electrons. The summed E-state index contributed by atoms with van der Waals surface area (Å²) in [5.41, 5.74) is 4.98. The van der Waals surface area contributed by atoms with E-state index in [1.807, 2.05) is 11.6 Å². The second kappa shape index (κ2) is 8.61. The molecule has 3 rings (SSSR count). The minimum atomic E-state index is 0.414. The van der Waals surface area contributed by atoms with Gasteiger partial charge in [0.15, 0.2) is 11.0 Å². The molecule has 1 aromatic heterocycles. The molecule has 0 aliphatic rings. The summed E-state index contributed by atoms with van der Waals surface area (Å²) < 4.78 is 8.12. The Balaban J connectivity index is 1.65. The molecule has 0 saturated heterocycles. The van der Waals surface area contributed by atoms with E-state index in [9.17, 15) is 0 Å². The molecule has 5 heteroatoms. The maximum absolute atomic E-state index is 6.10. The highest BCUT2D eigenvalue weighted by atomic mass is 32.2. The lowest BCUT2D eigenvalue weighted by Crippen LogP contribution is -2.06. The molecule has 0 bridgehead atoms. The highest BCUT2D eigenvalue weighted by molar-refractivity contribution is 7.98. The molecule has 0 saturated carbocycles. The normalized spacial score (nSPS) is 11.2. The smallest absolute Gasteiger partial charge is 0.191 e. The molecule has 0 spiro atoms. The van der Waals surface area contributed by atoms with Gasteiger partial charge in [0, 0.05) is 12.8 Å². The molecule has 0 N–H and O–H groups in total. The van der Waals surface area contributed by atoms with E-state index >= 15 is 0 Å². The van der Waals surface area contributed by atoms with Crippen molar-refractivity contribution in [2.75, 3.05) is 0 Å². The van der Waals surface area contributed by atoms with E-state index < -0.39 is 0 Å². The second-order valence-corrected chi connectivity index (χ2v) is 8.16. The van der Waals surface area contributed by atoms with Crippen LogP contribution in [0.5, 0.6) is 5.75 Å². The number of nitrogens with zero attached hydrogens (tertiary/aromatic N) is 3. The number of aryl methyl sites for hydroxylation is 2. The summed E-state index contributed by atoms with van der Waals surface area (Å²) in [5.74, 6) is 3.06. The van der Waals surface area contributed by atoms with Gasteiger partial charge in [0.1, 0.15) is 12.4 Å². The molecule has 0 unspecified atom stereocenters. The largest absolute Gasteiger partial charge is 0.485 e. The van der Waals surface area contributed by atoms with Crippen LogP contribution in [0.4, 0.5) is 0 Å². The molecule has 0 fully saturated rings. The molecule has 142 valence electrons. The van der Waals surface area contributed by atoms with Gasteiger partial charge in [-0.05, 0) is 42.5 Å². The number of benzene rings is 2. The van der Waals surface area contributed by atoms with Crippen LogP contribution in [0.15, 0.2) is 47.6 Å². The summed E-state index contributed by atoms with van der Waals surface area (Å²) in [4.78, 5) is 0. The first-order valence-electron chi connectivity index (χ1n) is 9.24. The maximum atomic E-state index is 6.10. The first-order chi connectivity index (χ1) is 12.9. The minimum absolute atomic E-state index is 0.414. The number of rotatable bonds is 7. The molecule has 0 atom stereocenters. The van der Waals surface area contributed by atoms with Crippen molar-refractivity contribution >= 4 is 11.8 Å². The van der Waals surface area contributed by atoms with Crippen molar-refractivity contribution in [3.63, 3.8) is 0 Å². The number of hydrogen-bond acceptors (Lipinski definition) is 4. The average Bonchev–Trinajstić information content (AvgIpc) is 2.99. The van der Waals surface area contributed by atoms with Crippen molar-refractivity contribution in [3.8, 4) is 5.75 Å². The van der Waals surface area contributed by atoms with Gasteiger partial charge in [-0.2, -0.15) is 0 Å². The van der Waals surface area contributed by atoms with Gasteiger partial charge in [0.2, 0.25) is 0 Å². The summed E-state index contributed by atoms with van der Waals surface area (Å²) in [6.45, 7) is 8.96. The summed E-state index contributed by atoms with van der Waals surface area (Å²) in [6, 6.07) is 15.0. The lowest BCUT2D eigenvalue weighted by molar-refractivity contribution is 0.286. The molecular formula is C22H27N3OS. The molecule has 0 amide bonds. The fourth-order valence-electron chi connectivity index (χ4n) is 2.81. The Morgan fingerprint density at radius 3 is 2.41 bits per heavy atom. The minimum Gasteiger partial charge on any atom is -0.485 e. The zero-order valence-corrected chi connectivity index (χ0v) is 17.5. The van der Waals surface area contributed by atoms with Crippen LogP contribution >= 0.6 is 11.8 Å². The molecule has 2 aromatic carbocycles. The molecule has 0 aliphatic carbocycles. The average molecular weight is 382 g/mol. The van der Waals surface area contributed by atoms with Crippen molar-refractivity contribution < 1.29 is 4.74 Å². The Morgan fingerprint density at radius 2 is 1.70 bits per heavy atom. The number of aromatic nitrogens is 3. The van der Waals surface area contributed by atoms with Gasteiger partial charge in [-0.1, -0.05) is 67.6 Å². The van der Waals surface area contributed by atoms with Crippen LogP contribution in [0, 0.1) is 13.8 Å². The third-order valence-corrected chi connectivity index (χ3v) is 5.65. The van der Waals surface area contributed by atoms with Crippen molar-refractivity contribution in [2.45, 2.75) is 51.1 Å². The van der Waals surface area contributed by atoms with Gasteiger partial charge in [-0.25, -0.2) is 0 Å². The van der Waals surface area contributed by atoms with E-state index in [1.165, 1.54) is 22.3 Å². The number of hydrogen-bond donors (Lipinski definition) is 0. The van der Waals surface area contributed by atoms with E-state index in [2.05, 4.69) is 80.4 Å². The Kier molecular flexibility index (Phi) is 6.22. The lowest BCUT2D eigenvalue weighted by atomic mass is 10.0. The van der Waals surface area contributed by atoms with E-state index in [1.54, 1.807) is 11.8 Å². The van der Waals surface area contributed by atoms with Crippen LogP contribution in [0.1, 0.15) is 47.8 Å². The van der Waals surface area contributed by atoms with Crippen LogP contribution in [0.2, 0.25) is 0 Å². The zero-order chi connectivity index (χ0) is 19.4. The summed E-state index contributed by atoms with van der Waals surface area (Å²) in [5, 5.41) is 9.56. The Labute approximate surface area is 166 Å². The third kappa shape index (κ3) is 4.92. The van der Waals surface area contributed by atoms with Crippen molar-refractivity contribution in [1.29, 1.82) is 0 Å². The maximum Gasteiger partial charge on any atom is 0.191 e. The van der Waals surface area contributed by atoms with Crippen LogP contribution in [-0.2, 0) is 19.4 Å². The first kappa shape index (κ1) is 19.5. The van der Waals surface area contributed by atoms with Gasteiger partial charge in [-0.3, -0.25) is 0 Å². The predicted octanol–water partition coefficient (Wildman–Crippen LogP) is 5.43. The van der Waals surface area contributed by atoms with E-state index in [0.29, 0.717) is 12.5 Å². The summed E-state index contributed by atoms with van der Waals surface area (Å²) in [7, 11) is 2.00. The van der Waals surface area contributed by atoms with Crippen LogP contribution in [-0.4, -0.2) is 14.8 Å². The second-order valence-electron chi connectivity index (χ2n) is 7.22. The number of ether oxygens (including phenoxy) is 1. The molecule has 1 heterocycles. The molecule has 27 heavy (non-hydrogen) atoms. The van der Waals surface area contributed by atoms with Gasteiger partial charge < -0.3 is 9.30 Å². The van der Waals surface area contributed by atoms with Crippen LogP contribution < -0.4 is 4.74 Å². The van der Waals surface area contributed by atoms with E-state index in [-0.39, 0.29) is 0 Å². The van der Waals surface area contributed by atoms with Gasteiger partial charge in [0.25, 0.3) is 0 Å². The van der Waals surface area contributed by atoms with Gasteiger partial charge in [-0.15, -0.1) is 10.2 Å². The highest BCUT2D eigenvalue weighted by Crippen LogP contribution is 2.28. The van der Waals surface area contributed by atoms with Crippen molar-refractivity contribution in [2.24, 2.45) is 7.05 Å². The molecule has 4 nitrogen and oxygen atoms in total. The third-order valence-electron chi connectivity index (χ3n) is 4.56. The monoisotopic (exact) mass is 381 g/mol.